The summed E-state index contributed by atoms with van der Waals surface area (Å²) in [6.07, 6.45) is 7.30. The molecule has 0 aliphatic carbocycles. The maximum atomic E-state index is 6.23. The molecule has 2 saturated heterocycles. The highest BCUT2D eigenvalue weighted by atomic mass is 16.5. The summed E-state index contributed by atoms with van der Waals surface area (Å²) in [6.45, 7) is 13.5. The van der Waals surface area contributed by atoms with E-state index in [9.17, 15) is 0 Å². The van der Waals surface area contributed by atoms with Crippen molar-refractivity contribution in [2.45, 2.75) is 83.2 Å². The van der Waals surface area contributed by atoms with Crippen LogP contribution in [0, 0.1) is 0 Å². The van der Waals surface area contributed by atoms with Gasteiger partial charge in [0.25, 0.3) is 0 Å². The SMILES string of the molecule is C[C@H](c1ccncc1)N1CCC(N[C@H]2CC(C)(C)OC2(C)C)CC1. The largest absolute Gasteiger partial charge is 0.368 e. The number of ether oxygens (including phenoxy) is 1. The topological polar surface area (TPSA) is 37.4 Å². The predicted molar refractivity (Wildman–Crippen MR) is 98.0 cm³/mol. The summed E-state index contributed by atoms with van der Waals surface area (Å²) in [5.41, 5.74) is 1.27. The monoisotopic (exact) mass is 331 g/mol. The Balaban J connectivity index is 1.52. The van der Waals surface area contributed by atoms with Gasteiger partial charge in [-0.3, -0.25) is 9.88 Å². The third-order valence-electron chi connectivity index (χ3n) is 5.78. The number of hydrogen-bond donors (Lipinski definition) is 1. The molecule has 4 heteroatoms. The Morgan fingerprint density at radius 3 is 2.33 bits per heavy atom. The molecule has 1 N–H and O–H groups in total. The van der Waals surface area contributed by atoms with E-state index in [-0.39, 0.29) is 11.2 Å². The van der Waals surface area contributed by atoms with E-state index in [1.165, 1.54) is 18.4 Å². The number of rotatable bonds is 4. The van der Waals surface area contributed by atoms with Crippen LogP contribution in [0.1, 0.15) is 65.5 Å². The van der Waals surface area contributed by atoms with Crippen LogP contribution in [0.15, 0.2) is 24.5 Å². The molecule has 0 unspecified atom stereocenters. The standard InChI is InChI=1S/C20H33N3O/c1-15(16-6-10-21-11-7-16)23-12-8-17(9-13-23)22-18-14-19(2,3)24-20(18,4)5/h6-7,10-11,15,17-18,22H,8-9,12-14H2,1-5H3/t15-,18+/m1/s1. The molecule has 3 heterocycles. The zero-order valence-electron chi connectivity index (χ0n) is 15.9. The zero-order valence-corrected chi connectivity index (χ0v) is 15.9. The number of hydrogen-bond acceptors (Lipinski definition) is 4. The Hall–Kier alpha value is -0.970. The van der Waals surface area contributed by atoms with Crippen LogP contribution in [0.2, 0.25) is 0 Å². The van der Waals surface area contributed by atoms with Crippen molar-refractivity contribution in [2.24, 2.45) is 0 Å². The van der Waals surface area contributed by atoms with Gasteiger partial charge in [0, 0.05) is 43.6 Å². The lowest BCUT2D eigenvalue weighted by Gasteiger charge is -2.39. The lowest BCUT2D eigenvalue weighted by Crippen LogP contribution is -2.51. The summed E-state index contributed by atoms with van der Waals surface area (Å²) < 4.78 is 6.23. The predicted octanol–water partition coefficient (Wildman–Crippen LogP) is 3.54. The molecule has 0 spiro atoms. The summed E-state index contributed by atoms with van der Waals surface area (Å²) in [5, 5.41) is 3.90. The Kier molecular flexibility index (Phi) is 5.01. The van der Waals surface area contributed by atoms with Crippen LogP contribution < -0.4 is 5.32 Å². The molecule has 24 heavy (non-hydrogen) atoms. The molecule has 0 radical (unpaired) electrons. The van der Waals surface area contributed by atoms with E-state index in [2.05, 4.69) is 62.0 Å². The van der Waals surface area contributed by atoms with Gasteiger partial charge >= 0.3 is 0 Å². The van der Waals surface area contributed by atoms with Crippen molar-refractivity contribution >= 4 is 0 Å². The minimum atomic E-state index is -0.0784. The molecule has 1 aromatic heterocycles. The second-order valence-corrected chi connectivity index (χ2v) is 8.66. The van der Waals surface area contributed by atoms with Gasteiger partial charge in [-0.1, -0.05) is 0 Å². The van der Waals surface area contributed by atoms with E-state index in [0.29, 0.717) is 18.1 Å². The van der Waals surface area contributed by atoms with Gasteiger partial charge in [-0.15, -0.1) is 0 Å². The Bertz CT molecular complexity index is 535. The molecule has 1 aromatic rings. The van der Waals surface area contributed by atoms with Crippen LogP contribution in [0.3, 0.4) is 0 Å². The normalized spacial score (nSPS) is 28.8. The molecule has 0 amide bonds. The fourth-order valence-electron chi connectivity index (χ4n) is 4.41. The maximum absolute atomic E-state index is 6.23. The highest BCUT2D eigenvalue weighted by Crippen LogP contribution is 2.38. The van der Waals surface area contributed by atoms with Gasteiger partial charge in [-0.25, -0.2) is 0 Å². The molecule has 2 fully saturated rings. The van der Waals surface area contributed by atoms with Crippen LogP contribution in [0.4, 0.5) is 0 Å². The second kappa shape index (κ2) is 6.74. The van der Waals surface area contributed by atoms with E-state index in [1.807, 2.05) is 12.4 Å². The van der Waals surface area contributed by atoms with Crippen LogP contribution in [-0.2, 0) is 4.74 Å². The molecular formula is C20H33N3O. The number of pyridine rings is 1. The van der Waals surface area contributed by atoms with E-state index < -0.39 is 0 Å². The van der Waals surface area contributed by atoms with Crippen molar-refractivity contribution in [1.82, 2.24) is 15.2 Å². The first-order valence-electron chi connectivity index (χ1n) is 9.37. The summed E-state index contributed by atoms with van der Waals surface area (Å²) in [4.78, 5) is 6.72. The highest BCUT2D eigenvalue weighted by Gasteiger charge is 2.46. The molecule has 3 rings (SSSR count). The lowest BCUT2D eigenvalue weighted by molar-refractivity contribution is -0.0709. The van der Waals surface area contributed by atoms with Gasteiger partial charge in [0.2, 0.25) is 0 Å². The first kappa shape index (κ1) is 17.8. The minimum Gasteiger partial charge on any atom is -0.368 e. The van der Waals surface area contributed by atoms with Crippen LogP contribution >= 0.6 is 0 Å². The number of nitrogens with zero attached hydrogens (tertiary/aromatic N) is 2. The fourth-order valence-corrected chi connectivity index (χ4v) is 4.41. The van der Waals surface area contributed by atoms with Crippen molar-refractivity contribution in [1.29, 1.82) is 0 Å². The molecule has 0 aromatic carbocycles. The van der Waals surface area contributed by atoms with Crippen LogP contribution in [0.5, 0.6) is 0 Å². The minimum absolute atomic E-state index is 0.0161. The van der Waals surface area contributed by atoms with Crippen LogP contribution in [-0.4, -0.2) is 46.3 Å². The zero-order chi connectivity index (χ0) is 17.4. The number of nitrogens with one attached hydrogen (secondary N) is 1. The molecule has 0 bridgehead atoms. The summed E-state index contributed by atoms with van der Waals surface area (Å²) in [6, 6.07) is 5.79. The van der Waals surface area contributed by atoms with Gasteiger partial charge < -0.3 is 10.1 Å². The van der Waals surface area contributed by atoms with Gasteiger partial charge in [-0.05, 0) is 71.6 Å². The van der Waals surface area contributed by atoms with Crippen molar-refractivity contribution in [3.05, 3.63) is 30.1 Å². The van der Waals surface area contributed by atoms with Gasteiger partial charge in [0.15, 0.2) is 0 Å². The first-order valence-corrected chi connectivity index (χ1v) is 9.37. The Morgan fingerprint density at radius 2 is 1.79 bits per heavy atom. The average Bonchev–Trinajstić information content (AvgIpc) is 2.75. The van der Waals surface area contributed by atoms with Crippen molar-refractivity contribution < 1.29 is 4.74 Å². The van der Waals surface area contributed by atoms with E-state index in [1.54, 1.807) is 0 Å². The van der Waals surface area contributed by atoms with E-state index >= 15 is 0 Å². The Labute approximate surface area is 147 Å². The molecule has 0 saturated carbocycles. The first-order chi connectivity index (χ1) is 11.3. The Morgan fingerprint density at radius 1 is 1.17 bits per heavy atom. The summed E-state index contributed by atoms with van der Waals surface area (Å²) in [7, 11) is 0. The second-order valence-electron chi connectivity index (χ2n) is 8.66. The number of aromatic nitrogens is 1. The maximum Gasteiger partial charge on any atom is 0.0787 e. The van der Waals surface area contributed by atoms with Crippen molar-refractivity contribution in [2.75, 3.05) is 13.1 Å². The van der Waals surface area contributed by atoms with E-state index in [4.69, 9.17) is 4.74 Å². The lowest BCUT2D eigenvalue weighted by atomic mass is 9.92. The van der Waals surface area contributed by atoms with Crippen molar-refractivity contribution in [3.63, 3.8) is 0 Å². The molecule has 2 aliphatic rings. The van der Waals surface area contributed by atoms with Gasteiger partial charge in [0.05, 0.1) is 11.2 Å². The number of piperidine rings is 1. The van der Waals surface area contributed by atoms with Crippen LogP contribution in [0.25, 0.3) is 0 Å². The summed E-state index contributed by atoms with van der Waals surface area (Å²) in [5.74, 6) is 0. The quantitative estimate of drug-likeness (QED) is 0.916. The fraction of sp³-hybridized carbons (Fsp3) is 0.750. The smallest absolute Gasteiger partial charge is 0.0787 e. The highest BCUT2D eigenvalue weighted by molar-refractivity contribution is 5.14. The molecule has 2 aliphatic heterocycles. The van der Waals surface area contributed by atoms with Crippen molar-refractivity contribution in [3.8, 4) is 0 Å². The van der Waals surface area contributed by atoms with Gasteiger partial charge in [0.1, 0.15) is 0 Å². The van der Waals surface area contributed by atoms with Gasteiger partial charge in [-0.2, -0.15) is 0 Å². The summed E-state index contributed by atoms with van der Waals surface area (Å²) >= 11 is 0. The number of likely N-dealkylation sites (tertiary alicyclic amines) is 1. The van der Waals surface area contributed by atoms with E-state index in [0.717, 1.165) is 19.5 Å². The molecule has 4 nitrogen and oxygen atoms in total. The average molecular weight is 332 g/mol. The third-order valence-corrected chi connectivity index (χ3v) is 5.78. The third kappa shape index (κ3) is 3.98. The molecule has 2 atom stereocenters. The molecular weight excluding hydrogens is 298 g/mol. The molecule has 134 valence electrons.